The molecule has 28 heavy (non-hydrogen) atoms. The van der Waals surface area contributed by atoms with E-state index >= 15 is 0 Å². The molecule has 3 rings (SSSR count). The number of aromatic nitrogens is 1. The zero-order chi connectivity index (χ0) is 20.6. The number of aryl methyl sites for hydroxylation is 2. The normalized spacial score (nSPS) is 16.3. The number of hydrogen-bond acceptors (Lipinski definition) is 5. The van der Waals surface area contributed by atoms with Gasteiger partial charge in [0.1, 0.15) is 0 Å². The summed E-state index contributed by atoms with van der Waals surface area (Å²) in [6, 6.07) is 5.03. The first-order valence-corrected chi connectivity index (χ1v) is 11.1. The van der Waals surface area contributed by atoms with Crippen LogP contribution in [0, 0.1) is 0 Å². The van der Waals surface area contributed by atoms with Crippen molar-refractivity contribution in [1.82, 2.24) is 4.57 Å². The number of ether oxygens (including phenoxy) is 1. The first-order chi connectivity index (χ1) is 13.1. The molecule has 0 saturated heterocycles. The molecule has 1 aromatic carbocycles. The summed E-state index contributed by atoms with van der Waals surface area (Å²) < 4.78 is 31.3. The van der Waals surface area contributed by atoms with Crippen LogP contribution in [-0.2, 0) is 28.1 Å². The summed E-state index contributed by atoms with van der Waals surface area (Å²) >= 11 is 0. The second kappa shape index (κ2) is 7.43. The van der Waals surface area contributed by atoms with E-state index in [9.17, 15) is 18.0 Å². The zero-order valence-electron chi connectivity index (χ0n) is 16.4. The number of rotatable bonds is 5. The van der Waals surface area contributed by atoms with Crippen molar-refractivity contribution in [2.75, 3.05) is 11.6 Å². The van der Waals surface area contributed by atoms with E-state index in [-0.39, 0.29) is 21.9 Å². The van der Waals surface area contributed by atoms with Gasteiger partial charge in [0.2, 0.25) is 0 Å². The summed E-state index contributed by atoms with van der Waals surface area (Å²) in [5.41, 5.74) is 1.93. The Labute approximate surface area is 164 Å². The summed E-state index contributed by atoms with van der Waals surface area (Å²) in [6.45, 7) is 3.68. The summed E-state index contributed by atoms with van der Waals surface area (Å²) in [5.74, 6) is -0.114. The summed E-state index contributed by atoms with van der Waals surface area (Å²) in [6.07, 6.45) is 4.72. The van der Waals surface area contributed by atoms with Crippen molar-refractivity contribution in [2.45, 2.75) is 44.1 Å². The Hall–Kier alpha value is -2.61. The number of nitrogens with one attached hydrogen (secondary N) is 1. The van der Waals surface area contributed by atoms with Crippen LogP contribution in [0.4, 0.5) is 5.69 Å². The largest absolute Gasteiger partial charge is 0.478 e. The Morgan fingerprint density at radius 1 is 1.21 bits per heavy atom. The Bertz CT molecular complexity index is 1100. The maximum Gasteiger partial charge on any atom is 0.277 e. The van der Waals surface area contributed by atoms with E-state index in [4.69, 9.17) is 4.74 Å². The van der Waals surface area contributed by atoms with Gasteiger partial charge < -0.3 is 14.6 Å². The molecule has 1 amide bonds. The molecule has 1 aromatic heterocycles. The van der Waals surface area contributed by atoms with E-state index in [1.807, 2.05) is 6.07 Å². The van der Waals surface area contributed by atoms with Crippen LogP contribution in [0.5, 0.6) is 5.75 Å². The van der Waals surface area contributed by atoms with Crippen LogP contribution < -0.4 is 15.6 Å². The molecule has 1 aliphatic heterocycles. The van der Waals surface area contributed by atoms with Crippen LogP contribution in [-0.4, -0.2) is 31.3 Å². The molecule has 0 aliphatic carbocycles. The number of hydrogen-bond donors (Lipinski definition) is 1. The molecule has 0 saturated carbocycles. The van der Waals surface area contributed by atoms with E-state index in [1.54, 1.807) is 32.3 Å². The maximum absolute atomic E-state index is 12.5. The van der Waals surface area contributed by atoms with E-state index in [1.165, 1.54) is 4.57 Å². The van der Waals surface area contributed by atoms with Gasteiger partial charge in [0.05, 0.1) is 4.90 Å². The molecule has 0 radical (unpaired) electrons. The fourth-order valence-electron chi connectivity index (χ4n) is 3.22. The zero-order valence-corrected chi connectivity index (χ0v) is 17.2. The van der Waals surface area contributed by atoms with Gasteiger partial charge in [-0.2, -0.15) is 0 Å². The molecule has 1 unspecified atom stereocenters. The number of anilines is 1. The lowest BCUT2D eigenvalue weighted by atomic mass is 9.96. The number of fused-ring (bicyclic) bond motifs is 1. The smallest absolute Gasteiger partial charge is 0.277 e. The molecule has 8 heteroatoms. The molecule has 0 bridgehead atoms. The molecule has 2 heterocycles. The second-order valence-electron chi connectivity index (χ2n) is 7.11. The second-order valence-corrected chi connectivity index (χ2v) is 9.12. The van der Waals surface area contributed by atoms with Crippen LogP contribution in [0.2, 0.25) is 0 Å². The third-order valence-electron chi connectivity index (χ3n) is 4.84. The molecular weight excluding hydrogens is 380 g/mol. The van der Waals surface area contributed by atoms with Gasteiger partial charge in [0, 0.05) is 25.1 Å². The molecule has 150 valence electrons. The highest BCUT2D eigenvalue weighted by atomic mass is 32.2. The predicted octanol–water partition coefficient (Wildman–Crippen LogP) is 2.52. The van der Waals surface area contributed by atoms with E-state index in [0.717, 1.165) is 31.1 Å². The first-order valence-electron chi connectivity index (χ1n) is 9.18. The summed E-state index contributed by atoms with van der Waals surface area (Å²) in [7, 11) is -1.82. The first kappa shape index (κ1) is 20.1. The van der Waals surface area contributed by atoms with E-state index < -0.39 is 21.8 Å². The fourth-order valence-corrected chi connectivity index (χ4v) is 3.87. The van der Waals surface area contributed by atoms with Gasteiger partial charge in [-0.1, -0.05) is 19.4 Å². The minimum Gasteiger partial charge on any atom is -0.478 e. The molecule has 0 spiro atoms. The Morgan fingerprint density at radius 2 is 1.93 bits per heavy atom. The number of sulfone groups is 1. The van der Waals surface area contributed by atoms with Crippen molar-refractivity contribution in [1.29, 1.82) is 0 Å². The van der Waals surface area contributed by atoms with Crippen molar-refractivity contribution in [3.63, 3.8) is 0 Å². The Morgan fingerprint density at radius 3 is 2.57 bits per heavy atom. The van der Waals surface area contributed by atoms with Crippen molar-refractivity contribution in [3.05, 3.63) is 40.3 Å². The lowest BCUT2D eigenvalue weighted by molar-refractivity contribution is -0.122. The van der Waals surface area contributed by atoms with Gasteiger partial charge in [0.15, 0.2) is 27.4 Å². The lowest BCUT2D eigenvalue weighted by Gasteiger charge is -2.26. The maximum atomic E-state index is 12.5. The van der Waals surface area contributed by atoms with Crippen LogP contribution in [0.15, 0.2) is 34.1 Å². The molecule has 1 atom stereocenters. The number of carbonyl (C=O) groups is 1. The molecule has 1 N–H and O–H groups in total. The average molecular weight is 404 g/mol. The minimum absolute atomic E-state index is 0.0781. The average Bonchev–Trinajstić information content (AvgIpc) is 2.64. The molecule has 0 fully saturated rings. The molecule has 1 aliphatic rings. The number of carbonyl (C=O) groups excluding carboxylic acids is 1. The molecule has 7 nitrogen and oxygen atoms in total. The number of pyridine rings is 1. The fraction of sp³-hybridized carbons (Fsp3) is 0.400. The van der Waals surface area contributed by atoms with Gasteiger partial charge in [-0.15, -0.1) is 0 Å². The molecular formula is C20H24N2O5S. The minimum atomic E-state index is -3.41. The van der Waals surface area contributed by atoms with Gasteiger partial charge in [-0.3, -0.25) is 9.59 Å². The quantitative estimate of drug-likeness (QED) is 0.826. The van der Waals surface area contributed by atoms with Crippen molar-refractivity contribution < 1.29 is 17.9 Å². The number of unbranched alkanes of at least 4 members (excludes halogenated alkanes) is 1. The van der Waals surface area contributed by atoms with E-state index in [2.05, 4.69) is 12.2 Å². The third kappa shape index (κ3) is 3.69. The monoisotopic (exact) mass is 404 g/mol. The number of nitrogens with zero attached hydrogens (tertiary/aromatic N) is 1. The SMILES string of the molecule is CCCCc1ccc(S(C)(=O)=O)cc1-c1cn(C)c(=O)c2c1OC(C)C(=O)N2. The van der Waals surface area contributed by atoms with Gasteiger partial charge in [-0.25, -0.2) is 8.42 Å². The topological polar surface area (TPSA) is 94.5 Å². The number of benzene rings is 1. The van der Waals surface area contributed by atoms with Gasteiger partial charge in [-0.05, 0) is 43.0 Å². The van der Waals surface area contributed by atoms with Crippen molar-refractivity contribution in [3.8, 4) is 16.9 Å². The van der Waals surface area contributed by atoms with Crippen LogP contribution in [0.1, 0.15) is 32.3 Å². The standard InChI is InChI=1S/C20H24N2O5S/c1-5-6-7-13-8-9-14(28(4,25)26)10-15(13)16-11-22(3)20(24)17-18(16)27-12(2)19(23)21-17/h8-12H,5-7H2,1-4H3,(H,21,23). The number of amides is 1. The highest BCUT2D eigenvalue weighted by molar-refractivity contribution is 7.90. The predicted molar refractivity (Wildman–Crippen MR) is 108 cm³/mol. The highest BCUT2D eigenvalue weighted by Crippen LogP contribution is 2.40. The Kier molecular flexibility index (Phi) is 5.34. The summed E-state index contributed by atoms with van der Waals surface area (Å²) in [4.78, 5) is 24.7. The highest BCUT2D eigenvalue weighted by Gasteiger charge is 2.30. The van der Waals surface area contributed by atoms with Crippen molar-refractivity contribution in [2.24, 2.45) is 7.05 Å². The van der Waals surface area contributed by atoms with Crippen LogP contribution in [0.25, 0.3) is 11.1 Å². The molecule has 2 aromatic rings. The van der Waals surface area contributed by atoms with Gasteiger partial charge >= 0.3 is 0 Å². The van der Waals surface area contributed by atoms with E-state index in [0.29, 0.717) is 11.1 Å². The summed E-state index contributed by atoms with van der Waals surface area (Å²) in [5, 5.41) is 2.62. The third-order valence-corrected chi connectivity index (χ3v) is 5.95. The van der Waals surface area contributed by atoms with Crippen molar-refractivity contribution >= 4 is 21.4 Å². The lowest BCUT2D eigenvalue weighted by Crippen LogP contribution is -2.38. The Balaban J connectivity index is 2.31. The van der Waals surface area contributed by atoms with Crippen LogP contribution >= 0.6 is 0 Å². The van der Waals surface area contributed by atoms with Crippen LogP contribution in [0.3, 0.4) is 0 Å². The van der Waals surface area contributed by atoms with Gasteiger partial charge in [0.25, 0.3) is 11.5 Å².